The summed E-state index contributed by atoms with van der Waals surface area (Å²) >= 11 is 0. The number of hydrogen-bond acceptors (Lipinski definition) is 3. The minimum atomic E-state index is -0.00550. The first-order valence-electron chi connectivity index (χ1n) is 5.93. The third-order valence-corrected chi connectivity index (χ3v) is 2.95. The monoisotopic (exact) mass is 249 g/mol. The summed E-state index contributed by atoms with van der Waals surface area (Å²) in [5.41, 5.74) is 3.55. The molecule has 0 aromatic heterocycles. The fourth-order valence-electron chi connectivity index (χ4n) is 1.94. The number of phenolic OH excluding ortho intramolecular Hbond substituents is 1. The van der Waals surface area contributed by atoms with Crippen LogP contribution in [0.4, 0.5) is 0 Å². The van der Waals surface area contributed by atoms with E-state index in [1.165, 1.54) is 12.2 Å². The molecule has 0 atom stereocenters. The molecule has 0 bridgehead atoms. The van der Waals surface area contributed by atoms with Crippen molar-refractivity contribution >= 4 is 11.5 Å². The Kier molecular flexibility index (Phi) is 2.72. The molecule has 0 saturated carbocycles. The number of carbonyl (C=O) groups excluding carboxylic acids is 1. The molecule has 3 nitrogen and oxygen atoms in total. The summed E-state index contributed by atoms with van der Waals surface area (Å²) in [4.78, 5) is 15.6. The molecule has 1 aliphatic carbocycles. The molecular formula is C16H11NO2. The quantitative estimate of drug-likeness (QED) is 0.831. The Balaban J connectivity index is 1.94. The zero-order valence-electron chi connectivity index (χ0n) is 10.1. The van der Waals surface area contributed by atoms with Gasteiger partial charge in [0.1, 0.15) is 5.75 Å². The second kappa shape index (κ2) is 4.53. The van der Waals surface area contributed by atoms with Crippen molar-refractivity contribution in [3.8, 4) is 5.75 Å². The zero-order chi connectivity index (χ0) is 13.2. The van der Waals surface area contributed by atoms with E-state index < -0.39 is 0 Å². The number of ketones is 1. The number of rotatable bonds is 1. The lowest BCUT2D eigenvalue weighted by molar-refractivity contribution is -0.110. The van der Waals surface area contributed by atoms with Gasteiger partial charge in [-0.15, -0.1) is 0 Å². The lowest BCUT2D eigenvalue weighted by Crippen LogP contribution is -1.94. The van der Waals surface area contributed by atoms with Crippen LogP contribution in [0.2, 0.25) is 0 Å². The smallest absolute Gasteiger partial charge is 0.178 e. The highest BCUT2D eigenvalue weighted by Crippen LogP contribution is 2.22. The first-order chi connectivity index (χ1) is 9.22. The minimum absolute atomic E-state index is 0.00550. The van der Waals surface area contributed by atoms with Crippen LogP contribution in [0, 0.1) is 0 Å². The van der Waals surface area contributed by atoms with Crippen molar-refractivity contribution in [3.63, 3.8) is 0 Å². The molecule has 0 amide bonds. The first kappa shape index (κ1) is 11.4. The molecule has 1 heterocycles. The average Bonchev–Trinajstić information content (AvgIpc) is 2.90. The van der Waals surface area contributed by atoms with Crippen LogP contribution in [-0.4, -0.2) is 16.6 Å². The second-order valence-corrected chi connectivity index (χ2v) is 4.29. The van der Waals surface area contributed by atoms with E-state index in [1.807, 2.05) is 24.3 Å². The fourth-order valence-corrected chi connectivity index (χ4v) is 1.94. The lowest BCUT2D eigenvalue weighted by atomic mass is 10.1. The number of aromatic hydroxyl groups is 1. The van der Waals surface area contributed by atoms with Crippen molar-refractivity contribution in [1.82, 2.24) is 0 Å². The number of benzene rings is 1. The molecule has 1 aliphatic heterocycles. The highest BCUT2D eigenvalue weighted by atomic mass is 16.3. The van der Waals surface area contributed by atoms with Crippen molar-refractivity contribution < 1.29 is 9.90 Å². The van der Waals surface area contributed by atoms with E-state index in [9.17, 15) is 9.90 Å². The van der Waals surface area contributed by atoms with Gasteiger partial charge in [0, 0.05) is 11.1 Å². The summed E-state index contributed by atoms with van der Waals surface area (Å²) in [6.45, 7) is 0. The average molecular weight is 249 g/mol. The summed E-state index contributed by atoms with van der Waals surface area (Å²) in [6, 6.07) is 6.91. The molecule has 1 N–H and O–H groups in total. The van der Waals surface area contributed by atoms with Crippen LogP contribution in [0.25, 0.3) is 0 Å². The molecule has 2 aliphatic rings. The van der Waals surface area contributed by atoms with Crippen LogP contribution in [0.3, 0.4) is 0 Å². The van der Waals surface area contributed by atoms with Crippen LogP contribution in [0.5, 0.6) is 5.75 Å². The van der Waals surface area contributed by atoms with E-state index >= 15 is 0 Å². The van der Waals surface area contributed by atoms with Gasteiger partial charge in [-0.05, 0) is 60.7 Å². The molecule has 1 aromatic rings. The Bertz CT molecular complexity index is 668. The summed E-state index contributed by atoms with van der Waals surface area (Å²) in [5.74, 6) is 0.232. The number of phenols is 1. The van der Waals surface area contributed by atoms with E-state index in [0.29, 0.717) is 0 Å². The number of nitrogens with zero attached hydrogens (tertiary/aromatic N) is 1. The van der Waals surface area contributed by atoms with Gasteiger partial charge in [-0.25, -0.2) is 4.99 Å². The lowest BCUT2D eigenvalue weighted by Gasteiger charge is -2.01. The zero-order valence-corrected chi connectivity index (χ0v) is 10.1. The van der Waals surface area contributed by atoms with Crippen LogP contribution in [0.15, 0.2) is 77.0 Å². The molecule has 0 unspecified atom stereocenters. The Morgan fingerprint density at radius 2 is 1.53 bits per heavy atom. The van der Waals surface area contributed by atoms with Crippen LogP contribution in [-0.2, 0) is 4.79 Å². The summed E-state index contributed by atoms with van der Waals surface area (Å²) in [5, 5.41) is 9.26. The van der Waals surface area contributed by atoms with Crippen molar-refractivity contribution in [3.05, 3.63) is 77.6 Å². The van der Waals surface area contributed by atoms with Crippen LogP contribution < -0.4 is 0 Å². The number of aliphatic imine (C=N–C) groups is 1. The third kappa shape index (κ3) is 2.31. The molecule has 3 rings (SSSR count). The maximum Gasteiger partial charge on any atom is 0.178 e. The standard InChI is InChI=1S/C16H11NO2/c18-13-5-1-11(2-6-13)15-9-10-16(17-15)12-3-7-14(19)8-4-12/h1-10,18H. The van der Waals surface area contributed by atoms with Gasteiger partial charge in [-0.1, -0.05) is 0 Å². The molecular weight excluding hydrogens is 238 g/mol. The van der Waals surface area contributed by atoms with Gasteiger partial charge in [0.05, 0.1) is 11.4 Å². The van der Waals surface area contributed by atoms with Crippen molar-refractivity contribution in [2.45, 2.75) is 0 Å². The van der Waals surface area contributed by atoms with Gasteiger partial charge in [0.15, 0.2) is 5.78 Å². The minimum Gasteiger partial charge on any atom is -0.508 e. The van der Waals surface area contributed by atoms with E-state index in [-0.39, 0.29) is 11.5 Å². The van der Waals surface area contributed by atoms with Crippen molar-refractivity contribution in [2.24, 2.45) is 4.99 Å². The highest BCUT2D eigenvalue weighted by Gasteiger charge is 2.10. The largest absolute Gasteiger partial charge is 0.508 e. The van der Waals surface area contributed by atoms with E-state index in [1.54, 1.807) is 24.3 Å². The van der Waals surface area contributed by atoms with Gasteiger partial charge in [0.25, 0.3) is 0 Å². The van der Waals surface area contributed by atoms with Crippen LogP contribution >= 0.6 is 0 Å². The highest BCUT2D eigenvalue weighted by molar-refractivity contribution is 6.11. The molecule has 0 fully saturated rings. The number of carbonyl (C=O) groups is 1. The molecule has 3 heteroatoms. The Labute approximate surface area is 110 Å². The summed E-state index contributed by atoms with van der Waals surface area (Å²) in [6.07, 6.45) is 10.4. The SMILES string of the molecule is O=C1C=CC(=C2C=CC(c3ccc(O)cc3)=N2)C=C1. The Hall–Kier alpha value is -2.68. The van der Waals surface area contributed by atoms with E-state index in [2.05, 4.69) is 4.99 Å². The molecule has 92 valence electrons. The van der Waals surface area contributed by atoms with E-state index in [4.69, 9.17) is 0 Å². The van der Waals surface area contributed by atoms with Gasteiger partial charge in [-0.3, -0.25) is 4.79 Å². The predicted molar refractivity (Wildman–Crippen MR) is 74.1 cm³/mol. The summed E-state index contributed by atoms with van der Waals surface area (Å²) in [7, 11) is 0. The first-order valence-corrected chi connectivity index (χ1v) is 5.93. The van der Waals surface area contributed by atoms with Gasteiger partial charge < -0.3 is 5.11 Å². The second-order valence-electron chi connectivity index (χ2n) is 4.29. The Morgan fingerprint density at radius 3 is 2.21 bits per heavy atom. The van der Waals surface area contributed by atoms with Crippen molar-refractivity contribution in [1.29, 1.82) is 0 Å². The fraction of sp³-hybridized carbons (Fsp3) is 0. The van der Waals surface area contributed by atoms with E-state index in [0.717, 1.165) is 22.5 Å². The normalized spacial score (nSPS) is 17.3. The van der Waals surface area contributed by atoms with Crippen LogP contribution in [0.1, 0.15) is 5.56 Å². The molecule has 0 saturated heterocycles. The predicted octanol–water partition coefficient (Wildman–Crippen LogP) is 2.70. The third-order valence-electron chi connectivity index (χ3n) is 2.95. The van der Waals surface area contributed by atoms with Gasteiger partial charge in [-0.2, -0.15) is 0 Å². The molecule has 0 spiro atoms. The molecule has 1 aromatic carbocycles. The number of allylic oxidation sites excluding steroid dienone is 7. The Morgan fingerprint density at radius 1 is 0.842 bits per heavy atom. The van der Waals surface area contributed by atoms with Gasteiger partial charge in [0.2, 0.25) is 0 Å². The van der Waals surface area contributed by atoms with Crippen molar-refractivity contribution in [2.75, 3.05) is 0 Å². The number of hydrogen-bond donors (Lipinski definition) is 1. The maximum absolute atomic E-state index is 11.1. The van der Waals surface area contributed by atoms with Gasteiger partial charge >= 0.3 is 0 Å². The molecule has 0 radical (unpaired) electrons. The summed E-state index contributed by atoms with van der Waals surface area (Å²) < 4.78 is 0. The maximum atomic E-state index is 11.1. The molecule has 19 heavy (non-hydrogen) atoms. The topological polar surface area (TPSA) is 49.7 Å².